The van der Waals surface area contributed by atoms with Crippen LogP contribution in [0.15, 0.2) is 12.1 Å². The number of hydrogen-bond acceptors (Lipinski definition) is 13. The van der Waals surface area contributed by atoms with Crippen LogP contribution in [-0.2, 0) is 14.3 Å². The summed E-state index contributed by atoms with van der Waals surface area (Å²) in [6.45, 7) is 3.40. The first-order valence-electron chi connectivity index (χ1n) is 13.4. The minimum Gasteiger partial charge on any atom is -0.483 e. The van der Waals surface area contributed by atoms with Gasteiger partial charge in [0, 0.05) is 64.6 Å². The lowest BCUT2D eigenvalue weighted by molar-refractivity contribution is -0.122. The van der Waals surface area contributed by atoms with Crippen LogP contribution in [0.2, 0.25) is 0 Å². The highest BCUT2D eigenvalue weighted by Crippen LogP contribution is 2.28. The van der Waals surface area contributed by atoms with E-state index >= 15 is 0 Å². The SMILES string of the molecule is COC1CCN(c2cc(NC3CC3)nc(N)n2)C1.COC1CCN(c2cc(NC3CC3)nc(N)n2)C1.O=CO. The van der Waals surface area contributed by atoms with E-state index in [0.717, 1.165) is 62.3 Å². The molecule has 2 aromatic heterocycles. The molecule has 2 saturated carbocycles. The molecular weight excluding hydrogens is 504 g/mol. The quantitative estimate of drug-likeness (QED) is 0.300. The molecule has 4 aliphatic rings. The summed E-state index contributed by atoms with van der Waals surface area (Å²) in [5.74, 6) is 4.12. The number of carboxylic acid groups (broad SMARTS) is 1. The van der Waals surface area contributed by atoms with E-state index in [1.165, 1.54) is 25.7 Å². The zero-order valence-corrected chi connectivity index (χ0v) is 22.6. The Morgan fingerprint density at radius 2 is 1.18 bits per heavy atom. The molecule has 4 heterocycles. The molecule has 0 aromatic carbocycles. The molecule has 2 aliphatic carbocycles. The van der Waals surface area contributed by atoms with Crippen LogP contribution < -0.4 is 31.9 Å². The zero-order chi connectivity index (χ0) is 27.8. The summed E-state index contributed by atoms with van der Waals surface area (Å²) in [6, 6.07) is 5.09. The minimum atomic E-state index is -0.250. The number of nitrogens with one attached hydrogen (secondary N) is 2. The number of aromatic nitrogens is 4. The molecule has 6 rings (SSSR count). The van der Waals surface area contributed by atoms with Gasteiger partial charge in [0.15, 0.2) is 0 Å². The Morgan fingerprint density at radius 3 is 1.49 bits per heavy atom. The topological polar surface area (TPSA) is 190 Å². The van der Waals surface area contributed by atoms with Crippen molar-refractivity contribution in [2.75, 3.05) is 72.3 Å². The molecule has 2 atom stereocenters. The van der Waals surface area contributed by atoms with Gasteiger partial charge in [-0.25, -0.2) is 0 Å². The molecular formula is C25H40N10O4. The van der Waals surface area contributed by atoms with E-state index in [4.69, 9.17) is 30.8 Å². The fourth-order valence-electron chi connectivity index (χ4n) is 4.51. The van der Waals surface area contributed by atoms with Gasteiger partial charge in [0.05, 0.1) is 12.2 Å². The first kappa shape index (κ1) is 28.4. The Bertz CT molecular complexity index is 1000. The van der Waals surface area contributed by atoms with Gasteiger partial charge in [0.25, 0.3) is 6.47 Å². The summed E-state index contributed by atoms with van der Waals surface area (Å²) in [5.41, 5.74) is 11.5. The standard InChI is InChI=1S/2C12H19N5O.CH2O2/c2*1-18-9-4-5-17(7-9)11-6-10(14-8-2-3-8)15-12(13)16-11;2-1-3/h2*6,8-9H,2-5,7H2,1H3,(H3,13,14,15,16);1H,(H,2,3). The molecule has 0 spiro atoms. The van der Waals surface area contributed by atoms with Gasteiger partial charge in [0.1, 0.15) is 23.3 Å². The first-order valence-corrected chi connectivity index (χ1v) is 13.4. The van der Waals surface area contributed by atoms with Gasteiger partial charge in [-0.2, -0.15) is 19.9 Å². The largest absolute Gasteiger partial charge is 0.483 e. The van der Waals surface area contributed by atoms with Crippen molar-refractivity contribution in [3.63, 3.8) is 0 Å². The Labute approximate surface area is 228 Å². The van der Waals surface area contributed by atoms with Crippen LogP contribution in [0.25, 0.3) is 0 Å². The molecule has 14 heteroatoms. The average molecular weight is 545 g/mol. The summed E-state index contributed by atoms with van der Waals surface area (Å²) in [6.07, 6.45) is 7.52. The third kappa shape index (κ3) is 8.68. The number of rotatable bonds is 8. The van der Waals surface area contributed by atoms with E-state index < -0.39 is 0 Å². The fraction of sp³-hybridized carbons (Fsp3) is 0.640. The second-order valence-corrected chi connectivity index (χ2v) is 10.1. The molecule has 7 N–H and O–H groups in total. The molecule has 4 fully saturated rings. The number of ether oxygens (including phenoxy) is 2. The van der Waals surface area contributed by atoms with Crippen molar-refractivity contribution >= 4 is 41.6 Å². The van der Waals surface area contributed by atoms with Crippen molar-refractivity contribution < 1.29 is 19.4 Å². The van der Waals surface area contributed by atoms with Gasteiger partial charge < -0.3 is 46.5 Å². The maximum absolute atomic E-state index is 8.36. The van der Waals surface area contributed by atoms with E-state index in [-0.39, 0.29) is 6.47 Å². The van der Waals surface area contributed by atoms with Crippen LogP contribution in [0.1, 0.15) is 38.5 Å². The molecule has 214 valence electrons. The Hall–Kier alpha value is -3.65. The number of carbonyl (C=O) groups is 1. The summed E-state index contributed by atoms with van der Waals surface area (Å²) in [7, 11) is 3.51. The Balaban J connectivity index is 0.000000165. The van der Waals surface area contributed by atoms with E-state index in [2.05, 4.69) is 40.4 Å². The van der Waals surface area contributed by atoms with Crippen LogP contribution >= 0.6 is 0 Å². The monoisotopic (exact) mass is 544 g/mol. The van der Waals surface area contributed by atoms with E-state index in [1.807, 2.05) is 12.1 Å². The van der Waals surface area contributed by atoms with Crippen molar-refractivity contribution in [2.24, 2.45) is 0 Å². The fourth-order valence-corrected chi connectivity index (χ4v) is 4.51. The van der Waals surface area contributed by atoms with E-state index in [0.29, 0.717) is 36.2 Å². The van der Waals surface area contributed by atoms with E-state index in [1.54, 1.807) is 14.2 Å². The predicted molar refractivity (Wildman–Crippen MR) is 150 cm³/mol. The van der Waals surface area contributed by atoms with Gasteiger partial charge in [-0.05, 0) is 38.5 Å². The lowest BCUT2D eigenvalue weighted by Crippen LogP contribution is -2.24. The van der Waals surface area contributed by atoms with E-state index in [9.17, 15) is 0 Å². The maximum atomic E-state index is 8.36. The Kier molecular flexibility index (Phi) is 9.76. The average Bonchev–Trinajstić information content (AvgIpc) is 3.80. The number of methoxy groups -OCH3 is 2. The number of nitrogens with two attached hydrogens (primary N) is 2. The number of nitrogen functional groups attached to an aromatic ring is 2. The number of nitrogens with zero attached hydrogens (tertiary/aromatic N) is 6. The van der Waals surface area contributed by atoms with Gasteiger partial charge in [0.2, 0.25) is 11.9 Å². The van der Waals surface area contributed by atoms with Crippen LogP contribution in [0.3, 0.4) is 0 Å². The molecule has 0 amide bonds. The van der Waals surface area contributed by atoms with Crippen LogP contribution in [0, 0.1) is 0 Å². The van der Waals surface area contributed by atoms with Gasteiger partial charge in [-0.15, -0.1) is 0 Å². The molecule has 2 unspecified atom stereocenters. The third-order valence-corrected chi connectivity index (χ3v) is 6.92. The molecule has 2 saturated heterocycles. The maximum Gasteiger partial charge on any atom is 0.290 e. The lowest BCUT2D eigenvalue weighted by Gasteiger charge is -2.18. The molecule has 2 aromatic rings. The highest BCUT2D eigenvalue weighted by atomic mass is 16.5. The summed E-state index contributed by atoms with van der Waals surface area (Å²) in [5, 5.41) is 13.6. The molecule has 2 aliphatic heterocycles. The van der Waals surface area contributed by atoms with Crippen molar-refractivity contribution in [3.8, 4) is 0 Å². The third-order valence-electron chi connectivity index (χ3n) is 6.92. The number of anilines is 6. The molecule has 14 nitrogen and oxygen atoms in total. The van der Waals surface area contributed by atoms with Crippen molar-refractivity contribution in [1.29, 1.82) is 0 Å². The van der Waals surface area contributed by atoms with Crippen molar-refractivity contribution in [1.82, 2.24) is 19.9 Å². The van der Waals surface area contributed by atoms with Gasteiger partial charge in [-0.1, -0.05) is 0 Å². The Morgan fingerprint density at radius 1 is 0.795 bits per heavy atom. The highest BCUT2D eigenvalue weighted by molar-refractivity contribution is 5.55. The molecule has 0 radical (unpaired) electrons. The van der Waals surface area contributed by atoms with Crippen molar-refractivity contribution in [2.45, 2.75) is 62.8 Å². The van der Waals surface area contributed by atoms with Gasteiger partial charge in [-0.3, -0.25) is 4.79 Å². The number of hydrogen-bond donors (Lipinski definition) is 5. The van der Waals surface area contributed by atoms with Gasteiger partial charge >= 0.3 is 0 Å². The molecule has 39 heavy (non-hydrogen) atoms. The minimum absolute atomic E-state index is 0.250. The smallest absolute Gasteiger partial charge is 0.290 e. The second kappa shape index (κ2) is 13.4. The highest BCUT2D eigenvalue weighted by Gasteiger charge is 2.27. The lowest BCUT2D eigenvalue weighted by atomic mass is 10.3. The molecule has 0 bridgehead atoms. The normalized spacial score (nSPS) is 21.9. The second-order valence-electron chi connectivity index (χ2n) is 10.1. The summed E-state index contributed by atoms with van der Waals surface area (Å²) in [4.78, 5) is 29.8. The predicted octanol–water partition coefficient (Wildman–Crippen LogP) is 1.42. The van der Waals surface area contributed by atoms with Crippen molar-refractivity contribution in [3.05, 3.63) is 12.1 Å². The summed E-state index contributed by atoms with van der Waals surface area (Å²) < 4.78 is 10.7. The van der Waals surface area contributed by atoms with Crippen LogP contribution in [0.4, 0.5) is 35.2 Å². The zero-order valence-electron chi connectivity index (χ0n) is 22.6. The van der Waals surface area contributed by atoms with Crippen LogP contribution in [0.5, 0.6) is 0 Å². The first-order chi connectivity index (χ1) is 18.9. The van der Waals surface area contributed by atoms with Crippen LogP contribution in [-0.4, -0.2) is 96.2 Å². The summed E-state index contributed by atoms with van der Waals surface area (Å²) >= 11 is 0.